The Morgan fingerprint density at radius 2 is 1.93 bits per heavy atom. The second-order valence-corrected chi connectivity index (χ2v) is 9.07. The topological polar surface area (TPSA) is 51.0 Å². The van der Waals surface area contributed by atoms with Crippen LogP contribution in [0.4, 0.5) is 0 Å². The van der Waals surface area contributed by atoms with Crippen molar-refractivity contribution in [3.8, 4) is 0 Å². The number of aryl methyl sites for hydroxylation is 2. The van der Waals surface area contributed by atoms with E-state index in [0.29, 0.717) is 11.8 Å². The Morgan fingerprint density at radius 3 is 2.52 bits per heavy atom. The molecule has 1 aromatic carbocycles. The first kappa shape index (κ1) is 18.2. The normalized spacial score (nSPS) is 21.1. The number of hydrogen-bond acceptors (Lipinski definition) is 3. The van der Waals surface area contributed by atoms with Gasteiger partial charge in [0.05, 0.1) is 0 Å². The molecule has 1 spiro atoms. The van der Waals surface area contributed by atoms with Crippen LogP contribution in [-0.2, 0) is 6.54 Å². The van der Waals surface area contributed by atoms with Crippen molar-refractivity contribution >= 4 is 5.91 Å². The lowest BCUT2D eigenvalue weighted by Gasteiger charge is -2.42. The van der Waals surface area contributed by atoms with Crippen molar-refractivity contribution in [3.63, 3.8) is 0 Å². The predicted octanol–water partition coefficient (Wildman–Crippen LogP) is 3.96. The first-order chi connectivity index (χ1) is 12.9. The number of carbonyl (C=O) groups is 1. The molecular weight excluding hydrogens is 336 g/mol. The minimum Gasteiger partial charge on any atom is -0.337 e. The summed E-state index contributed by atoms with van der Waals surface area (Å²) in [6.45, 7) is 11.1. The van der Waals surface area contributed by atoms with Gasteiger partial charge in [-0.3, -0.25) is 4.79 Å². The van der Waals surface area contributed by atoms with Gasteiger partial charge >= 0.3 is 0 Å². The van der Waals surface area contributed by atoms with Gasteiger partial charge in [-0.2, -0.15) is 0 Å². The molecule has 2 fully saturated rings. The van der Waals surface area contributed by atoms with Crippen LogP contribution in [0.5, 0.6) is 0 Å². The molecule has 1 saturated carbocycles. The van der Waals surface area contributed by atoms with Crippen molar-refractivity contribution < 1.29 is 4.79 Å². The molecule has 5 nitrogen and oxygen atoms in total. The lowest BCUT2D eigenvalue weighted by molar-refractivity contribution is 0.0723. The summed E-state index contributed by atoms with van der Waals surface area (Å²) in [6.07, 6.45) is 5.47. The Hall–Kier alpha value is -2.17. The minimum absolute atomic E-state index is 0.158. The van der Waals surface area contributed by atoms with Gasteiger partial charge < -0.3 is 9.47 Å². The molecular formula is C22H30N4O. The van der Waals surface area contributed by atoms with Gasteiger partial charge in [0.2, 0.25) is 0 Å². The molecule has 1 amide bonds. The van der Waals surface area contributed by atoms with Crippen LogP contribution >= 0.6 is 0 Å². The highest BCUT2D eigenvalue weighted by Gasteiger charge is 2.53. The molecule has 5 heteroatoms. The molecule has 2 heterocycles. The average Bonchev–Trinajstić information content (AvgIpc) is 3.16. The van der Waals surface area contributed by atoms with Crippen molar-refractivity contribution in [2.75, 3.05) is 13.1 Å². The van der Waals surface area contributed by atoms with Gasteiger partial charge in [0.1, 0.15) is 12.2 Å². The van der Waals surface area contributed by atoms with Crippen LogP contribution in [0.1, 0.15) is 66.3 Å². The zero-order valence-electron chi connectivity index (χ0n) is 16.9. The number of benzene rings is 1. The van der Waals surface area contributed by atoms with Crippen LogP contribution in [0, 0.1) is 25.2 Å². The fraction of sp³-hybridized carbons (Fsp3) is 0.591. The van der Waals surface area contributed by atoms with E-state index in [4.69, 9.17) is 0 Å². The highest BCUT2D eigenvalue weighted by atomic mass is 16.2. The monoisotopic (exact) mass is 366 g/mol. The lowest BCUT2D eigenvalue weighted by Crippen LogP contribution is -2.38. The largest absolute Gasteiger partial charge is 0.337 e. The molecule has 4 rings (SSSR count). The smallest absolute Gasteiger partial charge is 0.253 e. The van der Waals surface area contributed by atoms with Crippen LogP contribution in [0.25, 0.3) is 0 Å². The molecule has 27 heavy (non-hydrogen) atoms. The van der Waals surface area contributed by atoms with Crippen LogP contribution in [0.15, 0.2) is 24.5 Å². The summed E-state index contributed by atoms with van der Waals surface area (Å²) in [5.41, 5.74) is 3.29. The lowest BCUT2D eigenvalue weighted by atomic mass is 9.62. The minimum atomic E-state index is 0.158. The highest BCUT2D eigenvalue weighted by molar-refractivity contribution is 5.95. The van der Waals surface area contributed by atoms with E-state index in [0.717, 1.165) is 42.1 Å². The van der Waals surface area contributed by atoms with E-state index < -0.39 is 0 Å². The highest BCUT2D eigenvalue weighted by Crippen LogP contribution is 2.55. The van der Waals surface area contributed by atoms with Crippen molar-refractivity contribution in [1.82, 2.24) is 19.7 Å². The van der Waals surface area contributed by atoms with Gasteiger partial charge in [-0.15, -0.1) is 10.2 Å². The molecule has 1 aromatic heterocycles. The van der Waals surface area contributed by atoms with E-state index in [2.05, 4.69) is 53.4 Å². The Labute approximate surface area is 161 Å². The first-order valence-corrected chi connectivity index (χ1v) is 10.1. The SMILES string of the molecule is Cc1cc(C)cc(C(=O)N2CC(c3nncn3CC(C)C)C3(CCC3)C2)c1. The maximum atomic E-state index is 13.2. The maximum Gasteiger partial charge on any atom is 0.253 e. The molecule has 0 bridgehead atoms. The summed E-state index contributed by atoms with van der Waals surface area (Å²) < 4.78 is 2.21. The van der Waals surface area contributed by atoms with Crippen LogP contribution in [0.3, 0.4) is 0 Å². The fourth-order valence-corrected chi connectivity index (χ4v) is 4.97. The Kier molecular flexibility index (Phi) is 4.57. The van der Waals surface area contributed by atoms with E-state index >= 15 is 0 Å². The van der Waals surface area contributed by atoms with Gasteiger partial charge in [0, 0.05) is 31.1 Å². The van der Waals surface area contributed by atoms with Crippen molar-refractivity contribution in [2.45, 2.75) is 59.4 Å². The number of likely N-dealkylation sites (tertiary alicyclic amines) is 1. The number of carbonyl (C=O) groups excluding carboxylic acids is 1. The number of nitrogens with zero attached hydrogens (tertiary/aromatic N) is 4. The third-order valence-corrected chi connectivity index (χ3v) is 6.27. The standard InChI is InChI=1S/C22H30N4O/c1-15(2)11-26-14-23-24-20(26)19-12-25(13-22(19)6-5-7-22)21(27)18-9-16(3)8-17(4)10-18/h8-10,14-15,19H,5-7,11-13H2,1-4H3. The van der Waals surface area contributed by atoms with Gasteiger partial charge in [-0.05, 0) is 50.2 Å². The summed E-state index contributed by atoms with van der Waals surface area (Å²) in [4.78, 5) is 15.3. The molecule has 1 atom stereocenters. The van der Waals surface area contributed by atoms with Crippen molar-refractivity contribution in [2.24, 2.45) is 11.3 Å². The average molecular weight is 367 g/mol. The van der Waals surface area contributed by atoms with Crippen molar-refractivity contribution in [3.05, 3.63) is 47.0 Å². The molecule has 1 saturated heterocycles. The van der Waals surface area contributed by atoms with Gasteiger partial charge in [-0.25, -0.2) is 0 Å². The predicted molar refractivity (Wildman–Crippen MR) is 106 cm³/mol. The third kappa shape index (κ3) is 3.28. The molecule has 2 aliphatic rings. The van der Waals surface area contributed by atoms with E-state index in [9.17, 15) is 4.79 Å². The molecule has 0 N–H and O–H groups in total. The van der Waals surface area contributed by atoms with Crippen LogP contribution in [0.2, 0.25) is 0 Å². The van der Waals surface area contributed by atoms with E-state index in [-0.39, 0.29) is 11.3 Å². The second-order valence-electron chi connectivity index (χ2n) is 9.07. The summed E-state index contributed by atoms with van der Waals surface area (Å²) in [6, 6.07) is 6.14. The summed E-state index contributed by atoms with van der Waals surface area (Å²) in [5.74, 6) is 2.07. The number of hydrogen-bond donors (Lipinski definition) is 0. The fourth-order valence-electron chi connectivity index (χ4n) is 4.97. The van der Waals surface area contributed by atoms with Crippen molar-refractivity contribution in [1.29, 1.82) is 0 Å². The quantitative estimate of drug-likeness (QED) is 0.823. The number of amides is 1. The maximum absolute atomic E-state index is 13.2. The van der Waals surface area contributed by atoms with E-state index in [1.54, 1.807) is 0 Å². The molecule has 2 aromatic rings. The summed E-state index contributed by atoms with van der Waals surface area (Å²) in [7, 11) is 0. The zero-order valence-corrected chi connectivity index (χ0v) is 16.9. The Bertz CT molecular complexity index is 829. The molecule has 0 radical (unpaired) electrons. The van der Waals surface area contributed by atoms with Crippen LogP contribution in [-0.4, -0.2) is 38.7 Å². The van der Waals surface area contributed by atoms with Gasteiger partial charge in [0.15, 0.2) is 0 Å². The van der Waals surface area contributed by atoms with E-state index in [1.807, 2.05) is 18.5 Å². The Balaban J connectivity index is 1.62. The van der Waals surface area contributed by atoms with Gasteiger partial charge in [-0.1, -0.05) is 37.5 Å². The molecule has 1 aliphatic heterocycles. The van der Waals surface area contributed by atoms with Gasteiger partial charge in [0.25, 0.3) is 5.91 Å². The molecule has 144 valence electrons. The summed E-state index contributed by atoms with van der Waals surface area (Å²) in [5, 5.41) is 8.70. The zero-order chi connectivity index (χ0) is 19.2. The summed E-state index contributed by atoms with van der Waals surface area (Å²) >= 11 is 0. The number of rotatable bonds is 4. The van der Waals surface area contributed by atoms with Crippen LogP contribution < -0.4 is 0 Å². The first-order valence-electron chi connectivity index (χ1n) is 10.1. The second kappa shape index (κ2) is 6.77. The molecule has 1 aliphatic carbocycles. The third-order valence-electron chi connectivity index (χ3n) is 6.27. The number of aromatic nitrogens is 3. The Morgan fingerprint density at radius 1 is 1.22 bits per heavy atom. The molecule has 1 unspecified atom stereocenters. The van der Waals surface area contributed by atoms with E-state index in [1.165, 1.54) is 19.3 Å².